The highest BCUT2D eigenvalue weighted by Crippen LogP contribution is 2.46. The van der Waals surface area contributed by atoms with Gasteiger partial charge in [-0.1, -0.05) is 24.3 Å². The number of fused-ring (bicyclic) bond motifs is 2. The lowest BCUT2D eigenvalue weighted by Gasteiger charge is -2.19. The molecule has 1 N–H and O–H groups in total. The molecule has 0 bridgehead atoms. The van der Waals surface area contributed by atoms with E-state index in [2.05, 4.69) is 22.6 Å². The predicted octanol–water partition coefficient (Wildman–Crippen LogP) is 6.50. The summed E-state index contributed by atoms with van der Waals surface area (Å²) in [6.07, 6.45) is 0.825. The molecular weight excluding hydrogens is 812 g/mol. The molecule has 2 aliphatic rings. The molecule has 4 nitrogen and oxygen atoms in total. The van der Waals surface area contributed by atoms with Crippen molar-refractivity contribution >= 4 is 108 Å². The van der Waals surface area contributed by atoms with E-state index in [-0.39, 0.29) is 11.2 Å². The SMILES string of the molecule is O=Cc1ccccc1-c1c2cc(I)c(=O)c(I)c-2oc2c(I)c(O)c(I)cc12. The van der Waals surface area contributed by atoms with Crippen molar-refractivity contribution in [1.82, 2.24) is 0 Å². The van der Waals surface area contributed by atoms with Crippen molar-refractivity contribution in [2.75, 3.05) is 0 Å². The van der Waals surface area contributed by atoms with Crippen LogP contribution in [0.4, 0.5) is 0 Å². The Morgan fingerprint density at radius 1 is 0.929 bits per heavy atom. The van der Waals surface area contributed by atoms with Gasteiger partial charge in [0.15, 0.2) is 17.6 Å². The van der Waals surface area contributed by atoms with Crippen LogP contribution in [0.2, 0.25) is 0 Å². The molecule has 28 heavy (non-hydrogen) atoms. The Labute approximate surface area is 214 Å². The summed E-state index contributed by atoms with van der Waals surface area (Å²) in [4.78, 5) is 24.2. The average Bonchev–Trinajstić information content (AvgIpc) is 2.70. The van der Waals surface area contributed by atoms with Crippen LogP contribution in [0.25, 0.3) is 33.4 Å². The molecule has 140 valence electrons. The molecule has 2 aromatic carbocycles. The minimum Gasteiger partial charge on any atom is -0.506 e. The van der Waals surface area contributed by atoms with Crippen LogP contribution in [0.15, 0.2) is 45.6 Å². The fraction of sp³-hybridized carbons (Fsp3) is 0. The lowest BCUT2D eigenvalue weighted by Crippen LogP contribution is -2.12. The molecule has 1 aliphatic carbocycles. The first-order valence-corrected chi connectivity index (χ1v) is 12.2. The topological polar surface area (TPSA) is 67.5 Å². The lowest BCUT2D eigenvalue weighted by molar-refractivity contribution is 0.112. The Balaban J connectivity index is 2.35. The molecule has 0 saturated carbocycles. The normalized spacial score (nSPS) is 11.3. The zero-order valence-corrected chi connectivity index (χ0v) is 22.4. The van der Waals surface area contributed by atoms with E-state index < -0.39 is 0 Å². The highest BCUT2D eigenvalue weighted by Gasteiger charge is 2.26. The number of carbonyl (C=O) groups is 1. The van der Waals surface area contributed by atoms with Gasteiger partial charge in [0, 0.05) is 22.1 Å². The summed E-state index contributed by atoms with van der Waals surface area (Å²) in [6, 6.07) is 11.0. The van der Waals surface area contributed by atoms with Crippen LogP contribution in [0.3, 0.4) is 0 Å². The Bertz CT molecular complexity index is 1310. The lowest BCUT2D eigenvalue weighted by atomic mass is 9.91. The molecule has 0 amide bonds. The van der Waals surface area contributed by atoms with Gasteiger partial charge in [-0.15, -0.1) is 0 Å². The number of aldehydes is 1. The van der Waals surface area contributed by atoms with Crippen LogP contribution < -0.4 is 5.43 Å². The summed E-state index contributed by atoms with van der Waals surface area (Å²) in [6.45, 7) is 0. The zero-order chi connectivity index (χ0) is 20.2. The van der Waals surface area contributed by atoms with E-state index >= 15 is 0 Å². The van der Waals surface area contributed by atoms with Gasteiger partial charge in [-0.3, -0.25) is 9.59 Å². The van der Waals surface area contributed by atoms with Gasteiger partial charge in [0.2, 0.25) is 5.43 Å². The third-order valence-corrected chi connectivity index (χ3v) is 7.98. The van der Waals surface area contributed by atoms with Gasteiger partial charge in [0.25, 0.3) is 0 Å². The molecule has 0 radical (unpaired) electrons. The summed E-state index contributed by atoms with van der Waals surface area (Å²) in [5, 5.41) is 11.2. The molecule has 2 aromatic rings. The third kappa shape index (κ3) is 3.27. The minimum atomic E-state index is -0.101. The number of hydrogen-bond donors (Lipinski definition) is 1. The van der Waals surface area contributed by atoms with Gasteiger partial charge >= 0.3 is 0 Å². The van der Waals surface area contributed by atoms with E-state index in [1.54, 1.807) is 12.1 Å². The first kappa shape index (κ1) is 20.8. The molecular formula is C20H8I4O4. The fourth-order valence-electron chi connectivity index (χ4n) is 3.11. The number of phenolic OH excluding ortho intramolecular Hbond substituents is 1. The number of hydrogen-bond acceptors (Lipinski definition) is 4. The Hall–Kier alpha value is -0.480. The van der Waals surface area contributed by atoms with Crippen LogP contribution in [0, 0.1) is 14.3 Å². The number of halogens is 4. The third-order valence-electron chi connectivity index (χ3n) is 4.38. The minimum absolute atomic E-state index is 0.101. The van der Waals surface area contributed by atoms with Crippen molar-refractivity contribution in [2.24, 2.45) is 0 Å². The van der Waals surface area contributed by atoms with E-state index in [0.29, 0.717) is 31.2 Å². The maximum absolute atomic E-state index is 12.5. The van der Waals surface area contributed by atoms with E-state index in [4.69, 9.17) is 4.42 Å². The monoisotopic (exact) mass is 820 g/mol. The fourth-order valence-corrected chi connectivity index (χ4v) is 6.69. The van der Waals surface area contributed by atoms with Crippen molar-refractivity contribution in [3.63, 3.8) is 0 Å². The smallest absolute Gasteiger partial charge is 0.209 e. The molecule has 0 atom stereocenters. The second-order valence-corrected chi connectivity index (χ2v) is 10.4. The van der Waals surface area contributed by atoms with Gasteiger partial charge in [-0.25, -0.2) is 0 Å². The largest absolute Gasteiger partial charge is 0.506 e. The molecule has 0 aromatic heterocycles. The maximum atomic E-state index is 12.5. The number of rotatable bonds is 2. The Morgan fingerprint density at radius 2 is 1.64 bits per heavy atom. The Morgan fingerprint density at radius 3 is 2.36 bits per heavy atom. The summed E-state index contributed by atoms with van der Waals surface area (Å²) >= 11 is 8.14. The number of benzene rings is 3. The van der Waals surface area contributed by atoms with Crippen LogP contribution in [-0.2, 0) is 0 Å². The predicted molar refractivity (Wildman–Crippen MR) is 142 cm³/mol. The highest BCUT2D eigenvalue weighted by molar-refractivity contribution is 14.1. The molecule has 1 heterocycles. The van der Waals surface area contributed by atoms with Crippen LogP contribution in [0.1, 0.15) is 10.4 Å². The van der Waals surface area contributed by atoms with Gasteiger partial charge in [0.1, 0.15) is 9.32 Å². The number of carbonyl (C=O) groups excluding carboxylic acids is 1. The highest BCUT2D eigenvalue weighted by atomic mass is 127. The van der Waals surface area contributed by atoms with Crippen molar-refractivity contribution in [1.29, 1.82) is 0 Å². The van der Waals surface area contributed by atoms with Crippen molar-refractivity contribution in [3.8, 4) is 28.2 Å². The summed E-state index contributed by atoms with van der Waals surface area (Å²) in [5.41, 5.74) is 3.26. The number of aromatic hydroxyl groups is 1. The molecule has 0 saturated heterocycles. The summed E-state index contributed by atoms with van der Waals surface area (Å²) in [5.74, 6) is 0.585. The van der Waals surface area contributed by atoms with Crippen molar-refractivity contribution in [3.05, 3.63) is 66.5 Å². The second kappa shape index (κ2) is 7.98. The van der Waals surface area contributed by atoms with E-state index in [0.717, 1.165) is 28.4 Å². The summed E-state index contributed by atoms with van der Waals surface area (Å²) in [7, 11) is 0. The maximum Gasteiger partial charge on any atom is 0.209 e. The second-order valence-electron chi connectivity index (χ2n) is 5.96. The van der Waals surface area contributed by atoms with Crippen LogP contribution in [0.5, 0.6) is 5.75 Å². The standard InChI is InChI=1S/C20H8I4O4/c21-12-5-10-14(9-4-2-1-3-8(9)7-25)11-6-13(22)18(27)16(24)20(11)28-19(10)15(23)17(12)26/h1-7,26H. The average molecular weight is 820 g/mol. The molecule has 0 spiro atoms. The summed E-state index contributed by atoms with van der Waals surface area (Å²) < 4.78 is 8.44. The van der Waals surface area contributed by atoms with Gasteiger partial charge < -0.3 is 9.52 Å². The van der Waals surface area contributed by atoms with Crippen LogP contribution >= 0.6 is 90.4 Å². The molecule has 4 rings (SSSR count). The first-order chi connectivity index (χ1) is 13.3. The van der Waals surface area contributed by atoms with Crippen molar-refractivity contribution < 1.29 is 14.3 Å². The Kier molecular flexibility index (Phi) is 5.92. The quantitative estimate of drug-likeness (QED) is 0.143. The van der Waals surface area contributed by atoms with E-state index in [9.17, 15) is 14.7 Å². The molecule has 8 heteroatoms. The molecule has 1 aliphatic heterocycles. The van der Waals surface area contributed by atoms with Gasteiger partial charge in [-0.05, 0) is 108 Å². The van der Waals surface area contributed by atoms with Gasteiger partial charge in [0.05, 0.1) is 10.7 Å². The van der Waals surface area contributed by atoms with Crippen LogP contribution in [-0.4, -0.2) is 11.4 Å². The zero-order valence-electron chi connectivity index (χ0n) is 13.7. The number of phenols is 1. The van der Waals surface area contributed by atoms with Crippen molar-refractivity contribution in [2.45, 2.75) is 0 Å². The molecule has 0 unspecified atom stereocenters. The molecule has 0 fully saturated rings. The van der Waals surface area contributed by atoms with E-state index in [1.807, 2.05) is 92.0 Å². The van der Waals surface area contributed by atoms with E-state index in [1.165, 1.54) is 0 Å². The van der Waals surface area contributed by atoms with Gasteiger partial charge in [-0.2, -0.15) is 0 Å². The first-order valence-electron chi connectivity index (χ1n) is 7.85.